The molecule has 2 amide bonds. The first-order chi connectivity index (χ1) is 13.8. The van der Waals surface area contributed by atoms with Gasteiger partial charge in [-0.1, -0.05) is 41.5 Å². The number of nitrogens with zero attached hydrogens (tertiary/aromatic N) is 1. The van der Waals surface area contributed by atoms with Gasteiger partial charge in [-0.15, -0.1) is 11.8 Å². The van der Waals surface area contributed by atoms with Crippen LogP contribution in [0.25, 0.3) is 0 Å². The summed E-state index contributed by atoms with van der Waals surface area (Å²) in [6.07, 6.45) is 0. The van der Waals surface area contributed by atoms with Gasteiger partial charge in [-0.05, 0) is 51.0 Å². The molecule has 29 heavy (non-hydrogen) atoms. The third kappa shape index (κ3) is 7.20. The fourth-order valence-corrected chi connectivity index (χ4v) is 4.03. The van der Waals surface area contributed by atoms with Crippen molar-refractivity contribution in [3.05, 3.63) is 70.5 Å². The zero-order valence-electron chi connectivity index (χ0n) is 17.5. The predicted molar refractivity (Wildman–Crippen MR) is 117 cm³/mol. The van der Waals surface area contributed by atoms with E-state index in [4.69, 9.17) is 0 Å². The van der Waals surface area contributed by atoms with Crippen LogP contribution in [0.2, 0.25) is 0 Å². The van der Waals surface area contributed by atoms with Crippen LogP contribution >= 0.6 is 11.8 Å². The Kier molecular flexibility index (Phi) is 8.70. The van der Waals surface area contributed by atoms with Crippen LogP contribution in [-0.4, -0.2) is 35.1 Å². The second-order valence-corrected chi connectivity index (χ2v) is 8.19. The zero-order valence-corrected chi connectivity index (χ0v) is 18.3. The van der Waals surface area contributed by atoms with E-state index < -0.39 is 6.04 Å². The lowest BCUT2D eigenvalue weighted by Gasteiger charge is -2.28. The lowest BCUT2D eigenvalue weighted by molar-refractivity contribution is -0.138. The number of likely N-dealkylation sites (N-methyl/N-ethyl adjacent to an activating group) is 1. The van der Waals surface area contributed by atoms with E-state index in [1.165, 1.54) is 40.6 Å². The zero-order chi connectivity index (χ0) is 21.4. The molecular weight excluding hydrogens is 387 g/mol. The van der Waals surface area contributed by atoms with Crippen LogP contribution < -0.4 is 5.32 Å². The van der Waals surface area contributed by atoms with Gasteiger partial charge in [0.2, 0.25) is 11.8 Å². The number of nitrogens with one attached hydrogen (secondary N) is 1. The topological polar surface area (TPSA) is 49.4 Å². The van der Waals surface area contributed by atoms with Gasteiger partial charge in [0.25, 0.3) is 0 Å². The van der Waals surface area contributed by atoms with Crippen molar-refractivity contribution in [2.75, 3.05) is 12.3 Å². The minimum atomic E-state index is -0.602. The van der Waals surface area contributed by atoms with E-state index in [0.717, 1.165) is 11.3 Å². The number of carbonyl (C=O) groups is 2. The number of rotatable bonds is 9. The summed E-state index contributed by atoms with van der Waals surface area (Å²) < 4.78 is 13.2. The highest BCUT2D eigenvalue weighted by Gasteiger charge is 2.25. The number of thioether (sulfide) groups is 1. The van der Waals surface area contributed by atoms with Crippen molar-refractivity contribution in [1.29, 1.82) is 0 Å². The summed E-state index contributed by atoms with van der Waals surface area (Å²) in [5.74, 6) is 0.378. The van der Waals surface area contributed by atoms with Gasteiger partial charge >= 0.3 is 0 Å². The third-order valence-electron chi connectivity index (χ3n) is 4.56. The highest BCUT2D eigenvalue weighted by molar-refractivity contribution is 7.99. The fourth-order valence-electron chi connectivity index (χ4n) is 3.18. The molecule has 0 bridgehead atoms. The Bertz CT molecular complexity index is 819. The van der Waals surface area contributed by atoms with Crippen LogP contribution in [0.4, 0.5) is 4.39 Å². The van der Waals surface area contributed by atoms with E-state index in [2.05, 4.69) is 37.4 Å². The molecule has 0 saturated heterocycles. The first-order valence-electron chi connectivity index (χ1n) is 9.76. The highest BCUT2D eigenvalue weighted by Crippen LogP contribution is 2.18. The van der Waals surface area contributed by atoms with Crippen molar-refractivity contribution in [2.45, 2.75) is 46.0 Å². The van der Waals surface area contributed by atoms with Crippen molar-refractivity contribution in [2.24, 2.45) is 0 Å². The molecule has 0 spiro atoms. The van der Waals surface area contributed by atoms with Gasteiger partial charge in [0.1, 0.15) is 11.9 Å². The van der Waals surface area contributed by atoms with Crippen LogP contribution in [0.3, 0.4) is 0 Å². The molecule has 0 unspecified atom stereocenters. The summed E-state index contributed by atoms with van der Waals surface area (Å²) in [5.41, 5.74) is 4.38. The van der Waals surface area contributed by atoms with Crippen LogP contribution in [0.15, 0.2) is 42.5 Å². The van der Waals surface area contributed by atoms with Crippen molar-refractivity contribution >= 4 is 23.6 Å². The monoisotopic (exact) mass is 416 g/mol. The van der Waals surface area contributed by atoms with Crippen molar-refractivity contribution in [1.82, 2.24) is 10.2 Å². The Morgan fingerprint density at radius 3 is 2.28 bits per heavy atom. The minimum absolute atomic E-state index is 0.109. The maximum atomic E-state index is 13.2. The summed E-state index contributed by atoms with van der Waals surface area (Å²) in [7, 11) is 0. The average Bonchev–Trinajstić information content (AvgIpc) is 2.66. The molecule has 2 aromatic carbocycles. The Morgan fingerprint density at radius 2 is 1.69 bits per heavy atom. The van der Waals surface area contributed by atoms with Gasteiger partial charge in [0.05, 0.1) is 5.75 Å². The van der Waals surface area contributed by atoms with E-state index in [0.29, 0.717) is 6.54 Å². The molecular formula is C23H29FN2O2S. The van der Waals surface area contributed by atoms with Crippen molar-refractivity contribution in [3.8, 4) is 0 Å². The Balaban J connectivity index is 2.06. The van der Waals surface area contributed by atoms with E-state index in [1.807, 2.05) is 6.92 Å². The van der Waals surface area contributed by atoms with Gasteiger partial charge in [-0.3, -0.25) is 9.59 Å². The van der Waals surface area contributed by atoms with Gasteiger partial charge in [0, 0.05) is 18.8 Å². The van der Waals surface area contributed by atoms with Crippen LogP contribution in [0.5, 0.6) is 0 Å². The van der Waals surface area contributed by atoms with Gasteiger partial charge in [-0.25, -0.2) is 4.39 Å². The minimum Gasteiger partial charge on any atom is -0.355 e. The first-order valence-corrected chi connectivity index (χ1v) is 10.9. The third-order valence-corrected chi connectivity index (χ3v) is 5.55. The Labute approximate surface area is 176 Å². The number of benzene rings is 2. The van der Waals surface area contributed by atoms with Crippen LogP contribution in [-0.2, 0) is 21.9 Å². The average molecular weight is 417 g/mol. The summed E-state index contributed by atoms with van der Waals surface area (Å²) in [5, 5.41) is 2.77. The van der Waals surface area contributed by atoms with Crippen LogP contribution in [0, 0.1) is 19.7 Å². The van der Waals surface area contributed by atoms with Gasteiger partial charge < -0.3 is 10.2 Å². The lowest BCUT2D eigenvalue weighted by Crippen LogP contribution is -2.48. The number of hydrogen-bond acceptors (Lipinski definition) is 3. The van der Waals surface area contributed by atoms with E-state index in [1.54, 1.807) is 24.0 Å². The molecule has 2 aromatic rings. The second-order valence-electron chi connectivity index (χ2n) is 7.21. The number of hydrogen-bond donors (Lipinski definition) is 1. The number of halogens is 1. The molecule has 4 nitrogen and oxygen atoms in total. The summed E-state index contributed by atoms with van der Waals surface area (Å²) in [6, 6.07) is 11.8. The molecule has 0 saturated carbocycles. The summed E-state index contributed by atoms with van der Waals surface area (Å²) in [6.45, 7) is 8.46. The number of amides is 2. The fraction of sp³-hybridized carbons (Fsp3) is 0.391. The number of carbonyl (C=O) groups excluding carboxylic acids is 2. The van der Waals surface area contributed by atoms with E-state index >= 15 is 0 Å². The van der Waals surface area contributed by atoms with E-state index in [9.17, 15) is 14.0 Å². The smallest absolute Gasteiger partial charge is 0.242 e. The molecule has 6 heteroatoms. The maximum absolute atomic E-state index is 13.2. The molecule has 0 aliphatic heterocycles. The normalized spacial score (nSPS) is 11.8. The molecule has 0 radical (unpaired) electrons. The molecule has 0 aliphatic rings. The molecule has 0 aliphatic carbocycles. The Hall–Kier alpha value is -2.34. The molecule has 2 rings (SSSR count). The van der Waals surface area contributed by atoms with Crippen LogP contribution in [0.1, 0.15) is 36.1 Å². The standard InChI is InChI=1S/C23H29FN2O2S/c1-5-25-23(28)18(4)26(13-19-6-8-21(24)9-7-19)22(27)15-29-14-20-11-16(2)10-17(3)12-20/h6-12,18H,5,13-15H2,1-4H3,(H,25,28)/t18-/m0/s1. The Morgan fingerprint density at radius 1 is 1.07 bits per heavy atom. The second kappa shape index (κ2) is 11.0. The lowest BCUT2D eigenvalue weighted by atomic mass is 10.1. The van der Waals surface area contributed by atoms with E-state index in [-0.39, 0.29) is 29.9 Å². The summed E-state index contributed by atoms with van der Waals surface area (Å²) >= 11 is 1.53. The van der Waals surface area contributed by atoms with Gasteiger partial charge in [-0.2, -0.15) is 0 Å². The molecule has 0 aromatic heterocycles. The SMILES string of the molecule is CCNC(=O)[C@H](C)N(Cc1ccc(F)cc1)C(=O)CSCc1cc(C)cc(C)c1. The first kappa shape index (κ1) is 22.9. The molecule has 0 heterocycles. The molecule has 1 N–H and O–H groups in total. The van der Waals surface area contributed by atoms with Crippen molar-refractivity contribution in [3.63, 3.8) is 0 Å². The predicted octanol–water partition coefficient (Wildman–Crippen LogP) is 4.23. The molecule has 0 fully saturated rings. The maximum Gasteiger partial charge on any atom is 0.242 e. The van der Waals surface area contributed by atoms with Gasteiger partial charge in [0.15, 0.2) is 0 Å². The highest BCUT2D eigenvalue weighted by atomic mass is 32.2. The quantitative estimate of drug-likeness (QED) is 0.666. The summed E-state index contributed by atoms with van der Waals surface area (Å²) in [4.78, 5) is 26.8. The van der Waals surface area contributed by atoms with Crippen molar-refractivity contribution < 1.29 is 14.0 Å². The molecule has 156 valence electrons. The molecule has 1 atom stereocenters. The largest absolute Gasteiger partial charge is 0.355 e. The number of aryl methyl sites for hydroxylation is 2.